The highest BCUT2D eigenvalue weighted by molar-refractivity contribution is 5.90. The Bertz CT molecular complexity index is 449. The summed E-state index contributed by atoms with van der Waals surface area (Å²) >= 11 is 0. The van der Waals surface area contributed by atoms with Gasteiger partial charge in [-0.15, -0.1) is 0 Å². The van der Waals surface area contributed by atoms with Crippen LogP contribution in [0.1, 0.15) is 36.9 Å². The van der Waals surface area contributed by atoms with Crippen molar-refractivity contribution >= 4 is 11.6 Å². The summed E-state index contributed by atoms with van der Waals surface area (Å²) in [4.78, 5) is 6.90. The molecule has 5 nitrogen and oxygen atoms in total. The molecule has 2 rings (SSSR count). The molecule has 1 fully saturated rings. The van der Waals surface area contributed by atoms with E-state index in [1.54, 1.807) is 0 Å². The summed E-state index contributed by atoms with van der Waals surface area (Å²) in [6, 6.07) is 2.09. The minimum Gasteiger partial charge on any atom is -0.370 e. The van der Waals surface area contributed by atoms with E-state index in [1.807, 2.05) is 13.1 Å². The number of likely N-dealkylation sites (tertiary alicyclic amines) is 1. The molecule has 0 atom stereocenters. The molecule has 1 saturated heterocycles. The van der Waals surface area contributed by atoms with Crippen molar-refractivity contribution < 1.29 is 0 Å². The molecule has 0 aliphatic carbocycles. The number of aromatic nitrogens is 1. The van der Waals surface area contributed by atoms with Crippen LogP contribution in [0, 0.1) is 12.3 Å². The molecule has 0 spiro atoms. The molecule has 1 aromatic heterocycles. The van der Waals surface area contributed by atoms with Gasteiger partial charge in [-0.25, -0.2) is 0 Å². The van der Waals surface area contributed by atoms with E-state index >= 15 is 0 Å². The highest BCUT2D eigenvalue weighted by Gasteiger charge is 2.20. The maximum Gasteiger partial charge on any atom is 0.190 e. The van der Waals surface area contributed by atoms with E-state index in [2.05, 4.69) is 28.2 Å². The summed E-state index contributed by atoms with van der Waals surface area (Å²) in [5.74, 6) is 0.534. The zero-order chi connectivity index (χ0) is 13.8. The number of nitrogens with one attached hydrogen (secondary N) is 2. The third kappa shape index (κ3) is 3.44. The van der Waals surface area contributed by atoms with E-state index in [9.17, 15) is 0 Å². The number of anilines is 1. The predicted octanol–water partition coefficient (Wildman–Crippen LogP) is 1.89. The van der Waals surface area contributed by atoms with Crippen LogP contribution in [0.15, 0.2) is 12.3 Å². The SMILES string of the molecule is CCN1CCC(c2cnc(C)c(NC(=N)N)c2)CC1. The molecule has 19 heavy (non-hydrogen) atoms. The number of nitrogens with zero attached hydrogens (tertiary/aromatic N) is 2. The van der Waals surface area contributed by atoms with Crippen LogP contribution in [0.3, 0.4) is 0 Å². The number of pyridine rings is 1. The molecule has 1 aliphatic heterocycles. The Morgan fingerprint density at radius 2 is 2.21 bits per heavy atom. The van der Waals surface area contributed by atoms with Gasteiger partial charge in [-0.2, -0.15) is 0 Å². The van der Waals surface area contributed by atoms with Crippen LogP contribution in [0.2, 0.25) is 0 Å². The third-order valence-corrected chi connectivity index (χ3v) is 3.88. The largest absolute Gasteiger partial charge is 0.370 e. The van der Waals surface area contributed by atoms with E-state index in [1.165, 1.54) is 18.4 Å². The summed E-state index contributed by atoms with van der Waals surface area (Å²) in [6.07, 6.45) is 4.32. The van der Waals surface area contributed by atoms with E-state index in [0.29, 0.717) is 5.92 Å². The Balaban J connectivity index is 2.10. The molecule has 104 valence electrons. The van der Waals surface area contributed by atoms with E-state index in [0.717, 1.165) is 31.0 Å². The number of guanidine groups is 1. The molecule has 1 aliphatic rings. The van der Waals surface area contributed by atoms with Crippen molar-refractivity contribution in [2.75, 3.05) is 25.0 Å². The molecule has 2 heterocycles. The van der Waals surface area contributed by atoms with E-state index in [-0.39, 0.29) is 5.96 Å². The lowest BCUT2D eigenvalue weighted by Crippen LogP contribution is -2.32. The zero-order valence-corrected chi connectivity index (χ0v) is 11.7. The quantitative estimate of drug-likeness (QED) is 0.573. The summed E-state index contributed by atoms with van der Waals surface area (Å²) in [5, 5.41) is 10.2. The van der Waals surface area contributed by atoms with Gasteiger partial charge in [0, 0.05) is 6.20 Å². The minimum atomic E-state index is -0.0390. The van der Waals surface area contributed by atoms with Crippen molar-refractivity contribution in [3.8, 4) is 0 Å². The Hall–Kier alpha value is -1.62. The van der Waals surface area contributed by atoms with E-state index < -0.39 is 0 Å². The maximum atomic E-state index is 7.33. The van der Waals surface area contributed by atoms with Gasteiger partial charge in [0.15, 0.2) is 5.96 Å². The molecule has 0 amide bonds. The first-order valence-corrected chi connectivity index (χ1v) is 6.90. The second-order valence-corrected chi connectivity index (χ2v) is 5.15. The molecule has 0 radical (unpaired) electrons. The van der Waals surface area contributed by atoms with Crippen LogP contribution in [0.4, 0.5) is 5.69 Å². The lowest BCUT2D eigenvalue weighted by atomic mass is 9.90. The molecule has 0 unspecified atom stereocenters. The highest BCUT2D eigenvalue weighted by Crippen LogP contribution is 2.29. The minimum absolute atomic E-state index is 0.0390. The van der Waals surface area contributed by atoms with Gasteiger partial charge in [0.1, 0.15) is 0 Å². The third-order valence-electron chi connectivity index (χ3n) is 3.88. The lowest BCUT2D eigenvalue weighted by Gasteiger charge is -2.31. The standard InChI is InChI=1S/C14H23N5/c1-3-19-6-4-11(5-7-19)12-8-13(18-14(15)16)10(2)17-9-12/h8-9,11H,3-7H2,1-2H3,(H4,15,16,18). The number of piperidine rings is 1. The normalized spacial score (nSPS) is 17.4. The smallest absolute Gasteiger partial charge is 0.190 e. The number of nitrogens with two attached hydrogens (primary N) is 1. The number of aryl methyl sites for hydroxylation is 1. The van der Waals surface area contributed by atoms with Crippen LogP contribution in [0.25, 0.3) is 0 Å². The summed E-state index contributed by atoms with van der Waals surface area (Å²) in [6.45, 7) is 7.59. The van der Waals surface area contributed by atoms with Crippen LogP contribution in [-0.2, 0) is 0 Å². The average molecular weight is 261 g/mol. The van der Waals surface area contributed by atoms with Gasteiger partial charge in [0.25, 0.3) is 0 Å². The second kappa shape index (κ2) is 6.02. The number of hydrogen-bond donors (Lipinski definition) is 3. The first kappa shape index (κ1) is 13.8. The summed E-state index contributed by atoms with van der Waals surface area (Å²) in [5.41, 5.74) is 8.38. The lowest BCUT2D eigenvalue weighted by molar-refractivity contribution is 0.222. The van der Waals surface area contributed by atoms with Gasteiger partial charge < -0.3 is 16.0 Å². The first-order chi connectivity index (χ1) is 9.10. The molecule has 0 saturated carbocycles. The fourth-order valence-corrected chi connectivity index (χ4v) is 2.63. The first-order valence-electron chi connectivity index (χ1n) is 6.90. The Morgan fingerprint density at radius 1 is 1.53 bits per heavy atom. The molecular formula is C14H23N5. The number of hydrogen-bond acceptors (Lipinski definition) is 3. The van der Waals surface area contributed by atoms with Crippen LogP contribution in [0.5, 0.6) is 0 Å². The van der Waals surface area contributed by atoms with E-state index in [4.69, 9.17) is 11.1 Å². The van der Waals surface area contributed by atoms with Crippen molar-refractivity contribution in [3.63, 3.8) is 0 Å². The molecule has 4 N–H and O–H groups in total. The van der Waals surface area contributed by atoms with Crippen molar-refractivity contribution in [3.05, 3.63) is 23.5 Å². The molecule has 0 bridgehead atoms. The zero-order valence-electron chi connectivity index (χ0n) is 11.7. The van der Waals surface area contributed by atoms with Crippen molar-refractivity contribution in [1.82, 2.24) is 9.88 Å². The Morgan fingerprint density at radius 3 is 2.79 bits per heavy atom. The van der Waals surface area contributed by atoms with Gasteiger partial charge in [-0.3, -0.25) is 10.4 Å². The molecule has 0 aromatic carbocycles. The van der Waals surface area contributed by atoms with Crippen molar-refractivity contribution in [2.24, 2.45) is 5.73 Å². The van der Waals surface area contributed by atoms with Gasteiger partial charge >= 0.3 is 0 Å². The predicted molar refractivity (Wildman–Crippen MR) is 78.6 cm³/mol. The molecular weight excluding hydrogens is 238 g/mol. The molecule has 5 heteroatoms. The van der Waals surface area contributed by atoms with Crippen LogP contribution < -0.4 is 11.1 Å². The average Bonchev–Trinajstić information content (AvgIpc) is 2.41. The second-order valence-electron chi connectivity index (χ2n) is 5.15. The summed E-state index contributed by atoms with van der Waals surface area (Å²) < 4.78 is 0. The molecule has 1 aromatic rings. The van der Waals surface area contributed by atoms with Gasteiger partial charge in [0.2, 0.25) is 0 Å². The highest BCUT2D eigenvalue weighted by atomic mass is 15.1. The fraction of sp³-hybridized carbons (Fsp3) is 0.571. The van der Waals surface area contributed by atoms with Crippen LogP contribution >= 0.6 is 0 Å². The monoisotopic (exact) mass is 261 g/mol. The van der Waals surface area contributed by atoms with Crippen molar-refractivity contribution in [2.45, 2.75) is 32.6 Å². The van der Waals surface area contributed by atoms with Crippen molar-refractivity contribution in [1.29, 1.82) is 5.41 Å². The topological polar surface area (TPSA) is 78.0 Å². The Kier molecular flexibility index (Phi) is 4.37. The Labute approximate surface area is 114 Å². The van der Waals surface area contributed by atoms with Gasteiger partial charge in [0.05, 0.1) is 11.4 Å². The van der Waals surface area contributed by atoms with Gasteiger partial charge in [-0.1, -0.05) is 6.92 Å². The fourth-order valence-electron chi connectivity index (χ4n) is 2.63. The maximum absolute atomic E-state index is 7.33. The van der Waals surface area contributed by atoms with Gasteiger partial charge in [-0.05, 0) is 56.9 Å². The summed E-state index contributed by atoms with van der Waals surface area (Å²) in [7, 11) is 0. The number of rotatable bonds is 3. The van der Waals surface area contributed by atoms with Crippen LogP contribution in [-0.4, -0.2) is 35.5 Å².